The molecule has 0 heterocycles. The van der Waals surface area contributed by atoms with E-state index in [-0.39, 0.29) is 16.6 Å². The van der Waals surface area contributed by atoms with Gasteiger partial charge in [0.15, 0.2) is 11.4 Å². The number of hydrogen-bond acceptors (Lipinski definition) is 2. The Morgan fingerprint density at radius 3 is 1.36 bits per heavy atom. The molecule has 150 valence electrons. The highest BCUT2D eigenvalue weighted by Crippen LogP contribution is 2.52. The molecular weight excluding hydrogens is 344 g/mol. The number of fused-ring (bicyclic) bond motifs is 3. The van der Waals surface area contributed by atoms with Crippen LogP contribution in [0.5, 0.6) is 0 Å². The quantitative estimate of drug-likeness (QED) is 0.650. The summed E-state index contributed by atoms with van der Waals surface area (Å²) in [6.45, 7) is 18.6. The van der Waals surface area contributed by atoms with Crippen LogP contribution < -0.4 is 0 Å². The molecule has 2 aromatic carbocycles. The van der Waals surface area contributed by atoms with E-state index >= 15 is 0 Å². The second-order valence-corrected chi connectivity index (χ2v) is 11.3. The molecule has 28 heavy (non-hydrogen) atoms. The van der Waals surface area contributed by atoms with Crippen LogP contribution >= 0.6 is 0 Å². The minimum Gasteiger partial charge on any atom is -0.373 e. The van der Waals surface area contributed by atoms with E-state index in [9.17, 15) is 9.90 Å². The summed E-state index contributed by atoms with van der Waals surface area (Å²) in [4.78, 5) is 13.6. The molecule has 2 nitrogen and oxygen atoms in total. The Hall–Kier alpha value is -1.93. The van der Waals surface area contributed by atoms with E-state index in [1.165, 1.54) is 0 Å². The average molecular weight is 379 g/mol. The molecule has 0 saturated carbocycles. The van der Waals surface area contributed by atoms with Gasteiger partial charge < -0.3 is 5.11 Å². The molecule has 0 bridgehead atoms. The first-order chi connectivity index (χ1) is 12.6. The first-order valence-electron chi connectivity index (χ1n) is 10.2. The molecule has 0 spiro atoms. The van der Waals surface area contributed by atoms with Crippen molar-refractivity contribution >= 4 is 5.78 Å². The van der Waals surface area contributed by atoms with E-state index in [4.69, 9.17) is 0 Å². The van der Waals surface area contributed by atoms with E-state index in [2.05, 4.69) is 65.8 Å². The summed E-state index contributed by atoms with van der Waals surface area (Å²) in [5.74, 6) is -0.155. The van der Waals surface area contributed by atoms with Gasteiger partial charge in [-0.05, 0) is 33.1 Å². The van der Waals surface area contributed by atoms with Crippen LogP contribution in [0.25, 0.3) is 11.1 Å². The zero-order chi connectivity index (χ0) is 21.3. The Morgan fingerprint density at radius 2 is 1.07 bits per heavy atom. The molecule has 0 amide bonds. The number of hydrogen-bond donors (Lipinski definition) is 1. The van der Waals surface area contributed by atoms with Gasteiger partial charge in [-0.3, -0.25) is 4.79 Å². The van der Waals surface area contributed by atoms with E-state index in [1.54, 1.807) is 0 Å². The number of carbonyl (C=O) groups is 1. The van der Waals surface area contributed by atoms with Gasteiger partial charge in [0.05, 0.1) is 0 Å². The van der Waals surface area contributed by atoms with Crippen LogP contribution in [0.3, 0.4) is 0 Å². The van der Waals surface area contributed by atoms with E-state index in [0.29, 0.717) is 0 Å². The van der Waals surface area contributed by atoms with Gasteiger partial charge in [0.2, 0.25) is 0 Å². The lowest BCUT2D eigenvalue weighted by Crippen LogP contribution is -2.42. The maximum Gasteiger partial charge on any atom is 0.178 e. The maximum absolute atomic E-state index is 13.6. The number of ketones is 1. The zero-order valence-corrected chi connectivity index (χ0v) is 18.8. The monoisotopic (exact) mass is 378 g/mol. The normalized spacial score (nSPS) is 15.9. The Kier molecular flexibility index (Phi) is 4.48. The van der Waals surface area contributed by atoms with Gasteiger partial charge in [0.25, 0.3) is 0 Å². The highest BCUT2D eigenvalue weighted by atomic mass is 16.3. The lowest BCUT2D eigenvalue weighted by Gasteiger charge is -2.32. The smallest absolute Gasteiger partial charge is 0.178 e. The molecule has 1 N–H and O–H groups in total. The van der Waals surface area contributed by atoms with E-state index in [1.807, 2.05) is 32.9 Å². The van der Waals surface area contributed by atoms with Crippen molar-refractivity contribution in [3.05, 3.63) is 58.7 Å². The van der Waals surface area contributed by atoms with Crippen LogP contribution in [0.2, 0.25) is 0 Å². The van der Waals surface area contributed by atoms with Crippen molar-refractivity contribution in [2.24, 2.45) is 5.41 Å². The van der Waals surface area contributed by atoms with Crippen LogP contribution in [0.1, 0.15) is 84.6 Å². The summed E-state index contributed by atoms with van der Waals surface area (Å²) < 4.78 is 0. The Labute approximate surface area is 170 Å². The molecule has 0 saturated heterocycles. The standard InChI is InChI=1S/C26H34O2/c1-23(2,3)16-10-12-18-19-13-11-17(24(4,5)6)15-21(19)26(28,20(18)14-16)22(27)25(7,8)9/h10-15,28H,1-9H3. The molecule has 0 radical (unpaired) electrons. The molecule has 0 aliphatic heterocycles. The molecule has 0 unspecified atom stereocenters. The van der Waals surface area contributed by atoms with Gasteiger partial charge in [-0.1, -0.05) is 98.7 Å². The first-order valence-corrected chi connectivity index (χ1v) is 10.2. The van der Waals surface area contributed by atoms with Crippen LogP contribution in [0.4, 0.5) is 0 Å². The number of benzene rings is 2. The number of aliphatic hydroxyl groups is 1. The fourth-order valence-corrected chi connectivity index (χ4v) is 4.02. The van der Waals surface area contributed by atoms with Crippen LogP contribution in [0, 0.1) is 5.41 Å². The summed E-state index contributed by atoms with van der Waals surface area (Å²) >= 11 is 0. The van der Waals surface area contributed by atoms with Crippen molar-refractivity contribution in [2.45, 2.75) is 78.7 Å². The fraction of sp³-hybridized carbons (Fsp3) is 0.500. The molecule has 0 aromatic heterocycles. The second-order valence-electron chi connectivity index (χ2n) is 11.3. The third kappa shape index (κ3) is 3.12. The van der Waals surface area contributed by atoms with Gasteiger partial charge in [-0.15, -0.1) is 0 Å². The van der Waals surface area contributed by atoms with Crippen LogP contribution in [0.15, 0.2) is 36.4 Å². The second kappa shape index (κ2) is 6.03. The third-order valence-corrected chi connectivity index (χ3v) is 5.85. The zero-order valence-electron chi connectivity index (χ0n) is 18.8. The topological polar surface area (TPSA) is 37.3 Å². The number of rotatable bonds is 1. The fourth-order valence-electron chi connectivity index (χ4n) is 4.02. The van der Waals surface area contributed by atoms with Crippen molar-refractivity contribution in [3.63, 3.8) is 0 Å². The Balaban J connectivity index is 2.36. The van der Waals surface area contributed by atoms with Crippen LogP contribution in [-0.2, 0) is 21.2 Å². The minimum absolute atomic E-state index is 0.0634. The van der Waals surface area contributed by atoms with Gasteiger partial charge in [-0.2, -0.15) is 0 Å². The molecule has 2 heteroatoms. The Morgan fingerprint density at radius 1 is 0.714 bits per heavy atom. The lowest BCUT2D eigenvalue weighted by atomic mass is 9.73. The van der Waals surface area contributed by atoms with Gasteiger partial charge >= 0.3 is 0 Å². The highest BCUT2D eigenvalue weighted by molar-refractivity contribution is 6.02. The molecule has 0 atom stereocenters. The molecular formula is C26H34O2. The van der Waals surface area contributed by atoms with E-state index < -0.39 is 11.0 Å². The largest absolute Gasteiger partial charge is 0.373 e. The molecule has 2 aromatic rings. The van der Waals surface area contributed by atoms with Gasteiger partial charge in [-0.25, -0.2) is 0 Å². The van der Waals surface area contributed by atoms with Crippen molar-refractivity contribution < 1.29 is 9.90 Å². The predicted octanol–water partition coefficient (Wildman–Crippen LogP) is 6.11. The minimum atomic E-state index is -1.62. The van der Waals surface area contributed by atoms with E-state index in [0.717, 1.165) is 33.4 Å². The molecule has 1 aliphatic carbocycles. The lowest BCUT2D eigenvalue weighted by molar-refractivity contribution is -0.142. The number of Topliss-reactive ketones (excluding diaryl/α,β-unsaturated/α-hetero) is 1. The van der Waals surface area contributed by atoms with Crippen molar-refractivity contribution in [1.82, 2.24) is 0 Å². The summed E-state index contributed by atoms with van der Waals surface area (Å²) in [5, 5.41) is 12.0. The number of carbonyl (C=O) groups excluding carboxylic acids is 1. The van der Waals surface area contributed by atoms with Crippen molar-refractivity contribution in [1.29, 1.82) is 0 Å². The van der Waals surface area contributed by atoms with Gasteiger partial charge in [0, 0.05) is 16.5 Å². The first kappa shape index (κ1) is 20.8. The summed E-state index contributed by atoms with van der Waals surface area (Å²) in [7, 11) is 0. The predicted molar refractivity (Wildman–Crippen MR) is 117 cm³/mol. The SMILES string of the molecule is CC(C)(C)C(=O)C1(O)c2cc(C(C)(C)C)ccc2-c2ccc(C(C)(C)C)cc21. The summed E-state index contributed by atoms with van der Waals surface area (Å²) in [5.41, 5.74) is 3.20. The third-order valence-electron chi connectivity index (χ3n) is 5.85. The highest BCUT2D eigenvalue weighted by Gasteiger charge is 2.51. The van der Waals surface area contributed by atoms with Crippen LogP contribution in [-0.4, -0.2) is 10.9 Å². The van der Waals surface area contributed by atoms with Gasteiger partial charge in [0.1, 0.15) is 0 Å². The van der Waals surface area contributed by atoms with Crippen molar-refractivity contribution in [2.75, 3.05) is 0 Å². The molecule has 0 fully saturated rings. The molecule has 1 aliphatic rings. The maximum atomic E-state index is 13.6. The summed E-state index contributed by atoms with van der Waals surface area (Å²) in [6.07, 6.45) is 0. The Bertz CT molecular complexity index is 880. The molecule has 3 rings (SSSR count). The average Bonchev–Trinajstić information content (AvgIpc) is 2.81. The summed E-state index contributed by atoms with van der Waals surface area (Å²) in [6, 6.07) is 12.4. The van der Waals surface area contributed by atoms with Crippen molar-refractivity contribution in [3.8, 4) is 11.1 Å².